The summed E-state index contributed by atoms with van der Waals surface area (Å²) in [6.45, 7) is 2.99. The van der Waals surface area contributed by atoms with E-state index in [1.54, 1.807) is 11.8 Å². The van der Waals surface area contributed by atoms with Crippen molar-refractivity contribution in [2.45, 2.75) is 32.0 Å². The fraction of sp³-hybridized carbons (Fsp3) is 0.889. The van der Waals surface area contributed by atoms with Crippen LogP contribution in [0.15, 0.2) is 0 Å². The van der Waals surface area contributed by atoms with Crippen LogP contribution < -0.4 is 5.73 Å². The van der Waals surface area contributed by atoms with Crippen molar-refractivity contribution in [2.75, 3.05) is 13.1 Å². The van der Waals surface area contributed by atoms with Crippen molar-refractivity contribution in [3.05, 3.63) is 0 Å². The van der Waals surface area contributed by atoms with Gasteiger partial charge in [-0.05, 0) is 19.8 Å². The molecule has 0 aromatic carbocycles. The Labute approximate surface area is 77.1 Å². The molecule has 0 spiro atoms. The number of carbonyl (C=O) groups excluding carboxylic acids is 1. The molecule has 13 heavy (non-hydrogen) atoms. The van der Waals surface area contributed by atoms with Gasteiger partial charge < -0.3 is 10.6 Å². The van der Waals surface area contributed by atoms with E-state index in [1.807, 2.05) is 0 Å². The largest absolute Gasteiger partial charge is 0.341 e. The zero-order valence-electron chi connectivity index (χ0n) is 7.79. The first-order valence-electron chi connectivity index (χ1n) is 4.73. The summed E-state index contributed by atoms with van der Waals surface area (Å²) in [4.78, 5) is 13.4. The van der Waals surface area contributed by atoms with Crippen molar-refractivity contribution in [1.29, 1.82) is 0 Å². The van der Waals surface area contributed by atoms with E-state index in [0.29, 0.717) is 19.5 Å². The smallest absolute Gasteiger partial charge is 0.231 e. The van der Waals surface area contributed by atoms with Crippen LogP contribution in [0.25, 0.3) is 0 Å². The molecule has 1 aliphatic carbocycles. The zero-order chi connectivity index (χ0) is 9.64. The van der Waals surface area contributed by atoms with E-state index in [4.69, 9.17) is 5.73 Å². The molecule has 74 valence electrons. The van der Waals surface area contributed by atoms with Gasteiger partial charge in [-0.1, -0.05) is 0 Å². The van der Waals surface area contributed by atoms with E-state index in [0.717, 1.165) is 6.42 Å². The molecule has 0 radical (unpaired) electrons. The lowest BCUT2D eigenvalue weighted by molar-refractivity contribution is -0.136. The van der Waals surface area contributed by atoms with Crippen LogP contribution in [-0.2, 0) is 4.79 Å². The van der Waals surface area contributed by atoms with Gasteiger partial charge in [0.15, 0.2) is 0 Å². The minimum Gasteiger partial charge on any atom is -0.341 e. The van der Waals surface area contributed by atoms with Gasteiger partial charge in [-0.3, -0.25) is 4.79 Å². The Bertz CT molecular complexity index is 246. The summed E-state index contributed by atoms with van der Waals surface area (Å²) in [6.07, 6.45) is 0.299. The van der Waals surface area contributed by atoms with Crippen LogP contribution in [0.4, 0.5) is 4.39 Å². The maximum Gasteiger partial charge on any atom is 0.231 e. The van der Waals surface area contributed by atoms with Crippen LogP contribution >= 0.6 is 0 Å². The summed E-state index contributed by atoms with van der Waals surface area (Å²) >= 11 is 0. The molecule has 1 heterocycles. The van der Waals surface area contributed by atoms with E-state index in [1.165, 1.54) is 0 Å². The van der Waals surface area contributed by atoms with Gasteiger partial charge in [-0.2, -0.15) is 0 Å². The van der Waals surface area contributed by atoms with E-state index in [-0.39, 0.29) is 11.9 Å². The van der Waals surface area contributed by atoms with Gasteiger partial charge >= 0.3 is 0 Å². The van der Waals surface area contributed by atoms with Gasteiger partial charge in [0.05, 0.1) is 5.41 Å². The number of nitrogens with zero attached hydrogens (tertiary/aromatic N) is 1. The highest BCUT2D eigenvalue weighted by Gasteiger charge is 2.58. The third-order valence-electron chi connectivity index (χ3n) is 3.13. The molecule has 1 saturated carbocycles. The number of hydrogen-bond donors (Lipinski definition) is 1. The molecule has 2 rings (SSSR count). The fourth-order valence-corrected chi connectivity index (χ4v) is 1.87. The Kier molecular flexibility index (Phi) is 1.84. The average molecular weight is 186 g/mol. The summed E-state index contributed by atoms with van der Waals surface area (Å²) in [7, 11) is 0. The first-order valence-corrected chi connectivity index (χ1v) is 4.73. The standard InChI is InChI=1S/C9H15FN2O/c1-9(4-7(9)10)8(13)12-3-2-6(11)5-12/h6-7H,2-5,11H2,1H3/t6-,7?,9?/m1/s1. The van der Waals surface area contributed by atoms with Crippen LogP contribution in [0.5, 0.6) is 0 Å². The molecule has 1 saturated heterocycles. The highest BCUT2D eigenvalue weighted by Crippen LogP contribution is 2.49. The van der Waals surface area contributed by atoms with Gasteiger partial charge in [0.2, 0.25) is 5.91 Å². The number of rotatable bonds is 1. The monoisotopic (exact) mass is 186 g/mol. The van der Waals surface area contributed by atoms with E-state index in [9.17, 15) is 9.18 Å². The third kappa shape index (κ3) is 1.33. The Balaban J connectivity index is 1.99. The highest BCUT2D eigenvalue weighted by atomic mass is 19.1. The third-order valence-corrected chi connectivity index (χ3v) is 3.13. The predicted octanol–water partition coefficient (Wildman–Crippen LogP) is 0.294. The van der Waals surface area contributed by atoms with Gasteiger partial charge in [-0.25, -0.2) is 4.39 Å². The molecule has 1 amide bonds. The molecule has 3 atom stereocenters. The summed E-state index contributed by atoms with van der Waals surface area (Å²) in [5.74, 6) is -0.0482. The van der Waals surface area contributed by atoms with Crippen molar-refractivity contribution >= 4 is 5.91 Å². The summed E-state index contributed by atoms with van der Waals surface area (Å²) in [5.41, 5.74) is 4.96. The quantitative estimate of drug-likeness (QED) is 0.640. The van der Waals surface area contributed by atoms with E-state index in [2.05, 4.69) is 0 Å². The molecule has 0 aromatic heterocycles. The summed E-state index contributed by atoms with van der Waals surface area (Å²) < 4.78 is 12.9. The Morgan fingerprint density at radius 3 is 2.69 bits per heavy atom. The summed E-state index contributed by atoms with van der Waals surface area (Å²) in [5, 5.41) is 0. The SMILES string of the molecule is CC1(C(=O)N2CC[C@@H](N)C2)CC1F. The molecule has 2 unspecified atom stereocenters. The van der Waals surface area contributed by atoms with Crippen LogP contribution in [0.1, 0.15) is 19.8 Å². The number of nitrogens with two attached hydrogens (primary N) is 1. The normalized spacial score (nSPS) is 43.8. The zero-order valence-corrected chi connectivity index (χ0v) is 7.79. The lowest BCUT2D eigenvalue weighted by atomic mass is 10.1. The molecule has 2 N–H and O–H groups in total. The fourth-order valence-electron chi connectivity index (χ4n) is 1.87. The second-order valence-electron chi connectivity index (χ2n) is 4.39. The van der Waals surface area contributed by atoms with Crippen LogP contribution in [0.2, 0.25) is 0 Å². The second kappa shape index (κ2) is 2.67. The maximum atomic E-state index is 12.9. The number of halogens is 1. The molecule has 0 bridgehead atoms. The molecule has 4 heteroatoms. The topological polar surface area (TPSA) is 46.3 Å². The Morgan fingerprint density at radius 1 is 1.69 bits per heavy atom. The van der Waals surface area contributed by atoms with Crippen molar-refractivity contribution < 1.29 is 9.18 Å². The summed E-state index contributed by atoms with van der Waals surface area (Å²) in [6, 6.07) is 0.0874. The number of likely N-dealkylation sites (tertiary alicyclic amines) is 1. The Hall–Kier alpha value is -0.640. The van der Waals surface area contributed by atoms with Crippen molar-refractivity contribution in [3.8, 4) is 0 Å². The molecular weight excluding hydrogens is 171 g/mol. The van der Waals surface area contributed by atoms with E-state index < -0.39 is 11.6 Å². The van der Waals surface area contributed by atoms with Gasteiger partial charge in [-0.15, -0.1) is 0 Å². The lowest BCUT2D eigenvalue weighted by Crippen LogP contribution is -2.37. The van der Waals surface area contributed by atoms with Gasteiger partial charge in [0.1, 0.15) is 6.17 Å². The number of hydrogen-bond acceptors (Lipinski definition) is 2. The minimum atomic E-state index is -0.933. The first kappa shape index (κ1) is 8.94. The van der Waals surface area contributed by atoms with Crippen molar-refractivity contribution in [3.63, 3.8) is 0 Å². The van der Waals surface area contributed by atoms with Crippen LogP contribution in [0.3, 0.4) is 0 Å². The molecule has 2 aliphatic rings. The van der Waals surface area contributed by atoms with Gasteiger partial charge in [0.25, 0.3) is 0 Å². The second-order valence-corrected chi connectivity index (χ2v) is 4.39. The van der Waals surface area contributed by atoms with E-state index >= 15 is 0 Å². The first-order chi connectivity index (χ1) is 6.04. The van der Waals surface area contributed by atoms with Crippen molar-refractivity contribution in [2.24, 2.45) is 11.1 Å². The van der Waals surface area contributed by atoms with Crippen LogP contribution in [0, 0.1) is 5.41 Å². The number of carbonyl (C=O) groups is 1. The number of amides is 1. The Morgan fingerprint density at radius 2 is 2.31 bits per heavy atom. The maximum absolute atomic E-state index is 12.9. The average Bonchev–Trinajstić information content (AvgIpc) is 2.51. The lowest BCUT2D eigenvalue weighted by Gasteiger charge is -2.19. The predicted molar refractivity (Wildman–Crippen MR) is 46.8 cm³/mol. The minimum absolute atomic E-state index is 0.0482. The molecular formula is C9H15FN2O. The molecule has 3 nitrogen and oxygen atoms in total. The van der Waals surface area contributed by atoms with Crippen molar-refractivity contribution in [1.82, 2.24) is 4.90 Å². The molecule has 2 fully saturated rings. The molecule has 1 aliphatic heterocycles. The van der Waals surface area contributed by atoms with Gasteiger partial charge in [0, 0.05) is 19.1 Å². The number of alkyl halides is 1. The molecule has 0 aromatic rings. The highest BCUT2D eigenvalue weighted by molar-refractivity contribution is 5.86. The van der Waals surface area contributed by atoms with Crippen LogP contribution in [-0.4, -0.2) is 36.1 Å².